The molecule has 1 saturated heterocycles. The van der Waals surface area contributed by atoms with Crippen LogP contribution in [0.3, 0.4) is 0 Å². The Morgan fingerprint density at radius 2 is 1.97 bits per heavy atom. The van der Waals surface area contributed by atoms with Gasteiger partial charge in [-0.3, -0.25) is 24.2 Å². The number of nitrogens with one attached hydrogen (secondary N) is 2. The Morgan fingerprint density at radius 1 is 1.11 bits per heavy atom. The maximum atomic E-state index is 13.1. The van der Waals surface area contributed by atoms with Crippen molar-refractivity contribution in [1.29, 1.82) is 0 Å². The van der Waals surface area contributed by atoms with E-state index in [1.165, 1.54) is 30.6 Å². The largest absolute Gasteiger partial charge is 0.324 e. The Kier molecular flexibility index (Phi) is 5.19. The van der Waals surface area contributed by atoms with Gasteiger partial charge in [-0.05, 0) is 45.2 Å². The zero-order valence-corrected chi connectivity index (χ0v) is 20.4. The number of thiazole rings is 1. The summed E-state index contributed by atoms with van der Waals surface area (Å²) in [5.74, 6) is -0.332. The van der Waals surface area contributed by atoms with E-state index in [4.69, 9.17) is 0 Å². The van der Waals surface area contributed by atoms with Gasteiger partial charge in [0, 0.05) is 30.5 Å². The molecule has 2 amide bonds. The molecule has 2 N–H and O–H groups in total. The van der Waals surface area contributed by atoms with Crippen LogP contribution in [0.5, 0.6) is 0 Å². The lowest BCUT2D eigenvalue weighted by Crippen LogP contribution is -2.38. The average molecular weight is 491 g/mol. The minimum atomic E-state index is -0.277. The predicted octanol–water partition coefficient (Wildman–Crippen LogP) is 3.32. The van der Waals surface area contributed by atoms with Crippen LogP contribution in [-0.4, -0.2) is 59.7 Å². The molecular formula is C24H26N8O2S. The number of nitrogens with zero attached hydrogens (tertiary/aromatic N) is 6. The summed E-state index contributed by atoms with van der Waals surface area (Å²) in [6.45, 7) is 3.19. The van der Waals surface area contributed by atoms with Crippen LogP contribution < -0.4 is 10.6 Å². The Labute approximate surface area is 206 Å². The number of pyridine rings is 1. The first kappa shape index (κ1) is 21.9. The topological polar surface area (TPSA) is 109 Å². The molecule has 11 heteroatoms. The molecule has 1 saturated carbocycles. The molecule has 4 aromatic rings. The third kappa shape index (κ3) is 4.10. The number of hydrogen-bond acceptors (Lipinski definition) is 7. The second-order valence-electron chi connectivity index (χ2n) is 9.41. The van der Waals surface area contributed by atoms with Gasteiger partial charge in [-0.15, -0.1) is 11.3 Å². The molecule has 2 aliphatic rings. The van der Waals surface area contributed by atoms with Gasteiger partial charge < -0.3 is 10.6 Å². The highest BCUT2D eigenvalue weighted by atomic mass is 32.1. The van der Waals surface area contributed by atoms with Crippen LogP contribution in [0.25, 0.3) is 15.3 Å². The number of carbonyl (C=O) groups is 2. The molecule has 35 heavy (non-hydrogen) atoms. The van der Waals surface area contributed by atoms with E-state index in [0.29, 0.717) is 29.2 Å². The summed E-state index contributed by atoms with van der Waals surface area (Å²) in [5, 5.41) is 14.4. The normalized spacial score (nSPS) is 16.7. The fourth-order valence-electron chi connectivity index (χ4n) is 4.87. The van der Waals surface area contributed by atoms with Crippen molar-refractivity contribution in [2.24, 2.45) is 7.05 Å². The van der Waals surface area contributed by atoms with Gasteiger partial charge in [-0.25, -0.2) is 4.52 Å². The van der Waals surface area contributed by atoms with Crippen molar-refractivity contribution in [2.45, 2.75) is 38.1 Å². The number of likely N-dealkylation sites (tertiary alicyclic amines) is 1. The number of anilines is 2. The second-order valence-corrected chi connectivity index (χ2v) is 10.4. The monoisotopic (exact) mass is 490 g/mol. The van der Waals surface area contributed by atoms with Crippen LogP contribution in [0.15, 0.2) is 37.1 Å². The molecule has 180 valence electrons. The van der Waals surface area contributed by atoms with Crippen molar-refractivity contribution < 1.29 is 9.59 Å². The number of amides is 2. The maximum Gasteiger partial charge on any atom is 0.260 e. The van der Waals surface area contributed by atoms with Gasteiger partial charge in [0.2, 0.25) is 5.91 Å². The Morgan fingerprint density at radius 3 is 2.74 bits per heavy atom. The number of carbonyl (C=O) groups excluding carboxylic acids is 2. The van der Waals surface area contributed by atoms with Crippen LogP contribution in [0.1, 0.15) is 41.7 Å². The molecule has 1 spiro atoms. The standard InChI is InChI=1S/C24H26N8O2S/c1-15-19(8-17(10-25-15)28-21(33)14-31-7-3-4-24(31)5-6-24)29-22(34)18-11-27-32-13-20(35-23(18)32)16-9-26-30(2)12-16/h8-13H,3-7,14H2,1-2H3,(H,28,33)(H,29,34). The molecule has 1 aliphatic carbocycles. The fourth-order valence-corrected chi connectivity index (χ4v) is 5.90. The summed E-state index contributed by atoms with van der Waals surface area (Å²) < 4.78 is 3.44. The lowest BCUT2D eigenvalue weighted by atomic mass is 10.2. The van der Waals surface area contributed by atoms with Crippen molar-refractivity contribution in [1.82, 2.24) is 29.3 Å². The Bertz CT molecular complexity index is 1450. The highest BCUT2D eigenvalue weighted by molar-refractivity contribution is 7.21. The quantitative estimate of drug-likeness (QED) is 0.429. The maximum absolute atomic E-state index is 13.1. The molecule has 5 heterocycles. The van der Waals surface area contributed by atoms with E-state index in [1.807, 2.05) is 26.4 Å². The van der Waals surface area contributed by atoms with Gasteiger partial charge in [0.1, 0.15) is 4.83 Å². The molecule has 10 nitrogen and oxygen atoms in total. The highest BCUT2D eigenvalue weighted by Crippen LogP contribution is 2.49. The van der Waals surface area contributed by atoms with Crippen LogP contribution in [0.4, 0.5) is 11.4 Å². The third-order valence-electron chi connectivity index (χ3n) is 6.95. The third-order valence-corrected chi connectivity index (χ3v) is 8.11. The molecule has 0 atom stereocenters. The first-order valence-corrected chi connectivity index (χ1v) is 12.5. The average Bonchev–Trinajstić information content (AvgIpc) is 3.17. The molecule has 0 radical (unpaired) electrons. The SMILES string of the molecule is Cc1ncc(NC(=O)CN2CCCC23CC3)cc1NC(=O)c1cnn2cc(-c3cnn(C)c3)sc12. The van der Waals surface area contributed by atoms with Crippen molar-refractivity contribution in [3.05, 3.63) is 48.3 Å². The number of hydrogen-bond donors (Lipinski definition) is 2. The minimum Gasteiger partial charge on any atom is -0.324 e. The molecular weight excluding hydrogens is 464 g/mol. The van der Waals surface area contributed by atoms with E-state index in [-0.39, 0.29) is 17.4 Å². The second kappa shape index (κ2) is 8.28. The van der Waals surface area contributed by atoms with E-state index in [1.54, 1.807) is 33.9 Å². The zero-order valence-electron chi connectivity index (χ0n) is 19.6. The summed E-state index contributed by atoms with van der Waals surface area (Å²) in [4.78, 5) is 34.2. The van der Waals surface area contributed by atoms with E-state index < -0.39 is 0 Å². The van der Waals surface area contributed by atoms with Gasteiger partial charge in [0.15, 0.2) is 0 Å². The molecule has 6 rings (SSSR count). The molecule has 1 aliphatic heterocycles. The van der Waals surface area contributed by atoms with Crippen LogP contribution in [0.2, 0.25) is 0 Å². The number of rotatable bonds is 6. The van der Waals surface area contributed by atoms with Crippen molar-refractivity contribution in [3.8, 4) is 10.4 Å². The van der Waals surface area contributed by atoms with Crippen LogP contribution in [0, 0.1) is 6.92 Å². The van der Waals surface area contributed by atoms with Crippen molar-refractivity contribution >= 4 is 39.4 Å². The zero-order chi connectivity index (χ0) is 24.2. The van der Waals surface area contributed by atoms with Gasteiger partial charge in [-0.2, -0.15) is 10.2 Å². The molecule has 0 unspecified atom stereocenters. The predicted molar refractivity (Wildman–Crippen MR) is 134 cm³/mol. The Hall–Kier alpha value is -3.57. The fraction of sp³-hybridized carbons (Fsp3) is 0.375. The summed E-state index contributed by atoms with van der Waals surface area (Å²) in [5.41, 5.74) is 3.50. The number of aromatic nitrogens is 5. The lowest BCUT2D eigenvalue weighted by molar-refractivity contribution is -0.117. The van der Waals surface area contributed by atoms with E-state index in [0.717, 1.165) is 28.2 Å². The van der Waals surface area contributed by atoms with Crippen LogP contribution in [-0.2, 0) is 11.8 Å². The first-order chi connectivity index (χ1) is 16.9. The summed E-state index contributed by atoms with van der Waals surface area (Å²) in [6.07, 6.45) is 13.5. The van der Waals surface area contributed by atoms with E-state index in [2.05, 4.69) is 30.7 Å². The highest BCUT2D eigenvalue weighted by Gasteiger charge is 2.50. The van der Waals surface area contributed by atoms with Gasteiger partial charge >= 0.3 is 0 Å². The first-order valence-electron chi connectivity index (χ1n) is 11.7. The summed E-state index contributed by atoms with van der Waals surface area (Å²) in [7, 11) is 1.87. The molecule has 0 aromatic carbocycles. The Balaban J connectivity index is 1.17. The van der Waals surface area contributed by atoms with Crippen molar-refractivity contribution in [2.75, 3.05) is 23.7 Å². The van der Waals surface area contributed by atoms with Crippen LogP contribution >= 0.6 is 11.3 Å². The molecule has 2 fully saturated rings. The van der Waals surface area contributed by atoms with E-state index >= 15 is 0 Å². The summed E-state index contributed by atoms with van der Waals surface area (Å²) in [6, 6.07) is 1.76. The number of fused-ring (bicyclic) bond motifs is 1. The summed E-state index contributed by atoms with van der Waals surface area (Å²) >= 11 is 1.48. The van der Waals surface area contributed by atoms with Gasteiger partial charge in [0.05, 0.1) is 52.6 Å². The smallest absolute Gasteiger partial charge is 0.260 e. The van der Waals surface area contributed by atoms with Gasteiger partial charge in [0.25, 0.3) is 5.91 Å². The van der Waals surface area contributed by atoms with Crippen molar-refractivity contribution in [3.63, 3.8) is 0 Å². The lowest BCUT2D eigenvalue weighted by Gasteiger charge is -2.23. The molecule has 0 bridgehead atoms. The van der Waals surface area contributed by atoms with E-state index in [9.17, 15) is 9.59 Å². The minimum absolute atomic E-state index is 0.0547. The van der Waals surface area contributed by atoms with Gasteiger partial charge in [-0.1, -0.05) is 0 Å². The molecule has 4 aromatic heterocycles. The number of aryl methyl sites for hydroxylation is 2.